The van der Waals surface area contributed by atoms with Crippen molar-refractivity contribution in [3.8, 4) is 0 Å². The molecule has 1 aromatic heterocycles. The second-order valence-corrected chi connectivity index (χ2v) is 8.54. The van der Waals surface area contributed by atoms with Gasteiger partial charge in [-0.05, 0) is 37.8 Å². The van der Waals surface area contributed by atoms with E-state index in [-0.39, 0.29) is 11.7 Å². The van der Waals surface area contributed by atoms with Gasteiger partial charge >= 0.3 is 5.97 Å². The molecule has 1 saturated heterocycles. The number of benzene rings is 1. The largest absolute Gasteiger partial charge is 0.480 e. The van der Waals surface area contributed by atoms with E-state index in [1.54, 1.807) is 0 Å². The Morgan fingerprint density at radius 1 is 1.27 bits per heavy atom. The molecule has 1 aliphatic heterocycles. The first kappa shape index (κ1) is 24.6. The third-order valence-electron chi connectivity index (χ3n) is 5.82. The van der Waals surface area contributed by atoms with Crippen LogP contribution in [0.2, 0.25) is 0 Å². The van der Waals surface area contributed by atoms with Crippen LogP contribution in [0.1, 0.15) is 25.3 Å². The van der Waals surface area contributed by atoms with Crippen molar-refractivity contribution in [2.24, 2.45) is 5.73 Å². The third-order valence-corrected chi connectivity index (χ3v) is 6.18. The summed E-state index contributed by atoms with van der Waals surface area (Å²) in [5, 5.41) is 14.9. The normalized spacial score (nSPS) is 18.5. The highest BCUT2D eigenvalue weighted by Gasteiger charge is 2.37. The molecule has 4 unspecified atom stereocenters. The zero-order chi connectivity index (χ0) is 24.1. The summed E-state index contributed by atoms with van der Waals surface area (Å²) in [6, 6.07) is 4.05. The van der Waals surface area contributed by atoms with E-state index in [1.807, 2.05) is 30.5 Å². The lowest BCUT2D eigenvalue weighted by Crippen LogP contribution is -2.56. The number of thiol groups is 1. The van der Waals surface area contributed by atoms with Gasteiger partial charge in [-0.25, -0.2) is 4.79 Å². The number of hydrogen-bond acceptors (Lipinski definition) is 6. The first-order chi connectivity index (χ1) is 15.7. The van der Waals surface area contributed by atoms with Gasteiger partial charge in [-0.1, -0.05) is 18.2 Å². The Balaban J connectivity index is 1.60. The summed E-state index contributed by atoms with van der Waals surface area (Å²) >= 11 is 3.90. The molecule has 0 radical (unpaired) electrons. The van der Waals surface area contributed by atoms with E-state index in [4.69, 9.17) is 10.8 Å². The van der Waals surface area contributed by atoms with Crippen molar-refractivity contribution >= 4 is 47.2 Å². The number of H-pyrrole nitrogens is 1. The number of aliphatic carboxylic acids is 1. The Labute approximate surface area is 196 Å². The summed E-state index contributed by atoms with van der Waals surface area (Å²) in [6.45, 7) is 1.86. The summed E-state index contributed by atoms with van der Waals surface area (Å²) in [4.78, 5) is 53.8. The van der Waals surface area contributed by atoms with Crippen LogP contribution in [0, 0.1) is 0 Å². The lowest BCUT2D eigenvalue weighted by molar-refractivity contribution is -0.142. The van der Waals surface area contributed by atoms with Crippen LogP contribution in [0.4, 0.5) is 0 Å². The molecule has 33 heavy (non-hydrogen) atoms. The Hall–Kier alpha value is -3.05. The topological polar surface area (TPSA) is 158 Å². The number of carbonyl (C=O) groups excluding carboxylic acids is 3. The van der Waals surface area contributed by atoms with Crippen LogP contribution in [0.3, 0.4) is 0 Å². The number of nitrogens with two attached hydrogens (primary N) is 1. The summed E-state index contributed by atoms with van der Waals surface area (Å²) in [7, 11) is 0. The standard InChI is InChI=1S/C22H29N5O5S/c1-12(19(28)26-17(11-33)22(31)32)25-20(29)18-7-4-8-27(18)21(30)15(23)9-13-10-24-16-6-3-2-5-14(13)16/h2-3,5-6,10,12,15,17-18,24,33H,4,7-9,11,23H2,1H3,(H,25,29)(H,26,28)(H,31,32). The second kappa shape index (κ2) is 10.7. The van der Waals surface area contributed by atoms with Gasteiger partial charge in [0.1, 0.15) is 18.1 Å². The highest BCUT2D eigenvalue weighted by molar-refractivity contribution is 7.80. The molecule has 0 aliphatic carbocycles. The van der Waals surface area contributed by atoms with Crippen LogP contribution in [0.25, 0.3) is 10.9 Å². The molecule has 10 nitrogen and oxygen atoms in total. The molecule has 4 atom stereocenters. The van der Waals surface area contributed by atoms with Crippen molar-refractivity contribution in [1.82, 2.24) is 20.5 Å². The fourth-order valence-corrected chi connectivity index (χ4v) is 4.25. The van der Waals surface area contributed by atoms with E-state index in [0.717, 1.165) is 16.5 Å². The minimum atomic E-state index is -1.21. The van der Waals surface area contributed by atoms with Crippen molar-refractivity contribution in [3.63, 3.8) is 0 Å². The highest BCUT2D eigenvalue weighted by Crippen LogP contribution is 2.22. The predicted molar refractivity (Wildman–Crippen MR) is 126 cm³/mol. The van der Waals surface area contributed by atoms with Crippen LogP contribution < -0.4 is 16.4 Å². The van der Waals surface area contributed by atoms with E-state index >= 15 is 0 Å². The molecule has 2 heterocycles. The highest BCUT2D eigenvalue weighted by atomic mass is 32.1. The van der Waals surface area contributed by atoms with Crippen LogP contribution in [-0.4, -0.2) is 75.1 Å². The number of aromatic nitrogens is 1. The molecule has 2 aromatic rings. The number of aromatic amines is 1. The number of fused-ring (bicyclic) bond motifs is 1. The molecular weight excluding hydrogens is 446 g/mol. The van der Waals surface area contributed by atoms with Gasteiger partial charge in [0.05, 0.1) is 6.04 Å². The summed E-state index contributed by atoms with van der Waals surface area (Å²) < 4.78 is 0. The smallest absolute Gasteiger partial charge is 0.327 e. The third kappa shape index (κ3) is 5.66. The molecule has 0 spiro atoms. The minimum Gasteiger partial charge on any atom is -0.480 e. The summed E-state index contributed by atoms with van der Waals surface area (Å²) in [6.07, 6.45) is 3.26. The minimum absolute atomic E-state index is 0.0824. The van der Waals surface area contributed by atoms with Gasteiger partial charge in [0.25, 0.3) is 0 Å². The van der Waals surface area contributed by atoms with E-state index in [1.165, 1.54) is 11.8 Å². The van der Waals surface area contributed by atoms with Gasteiger partial charge in [0, 0.05) is 29.4 Å². The molecular formula is C22H29N5O5S. The number of para-hydroxylation sites is 1. The van der Waals surface area contributed by atoms with Crippen molar-refractivity contribution < 1.29 is 24.3 Å². The number of carbonyl (C=O) groups is 4. The summed E-state index contributed by atoms with van der Waals surface area (Å²) in [5.74, 6) is -2.73. The lowest BCUT2D eigenvalue weighted by Gasteiger charge is -2.28. The van der Waals surface area contributed by atoms with Gasteiger partial charge in [-0.15, -0.1) is 0 Å². The molecule has 3 rings (SSSR count). The Kier molecular flexibility index (Phi) is 7.98. The van der Waals surface area contributed by atoms with E-state index < -0.39 is 42.0 Å². The number of likely N-dealkylation sites (tertiary alicyclic amines) is 1. The molecule has 3 amide bonds. The van der Waals surface area contributed by atoms with Crippen molar-refractivity contribution in [2.75, 3.05) is 12.3 Å². The summed E-state index contributed by atoms with van der Waals surface area (Å²) in [5.41, 5.74) is 8.11. The maximum absolute atomic E-state index is 13.1. The van der Waals surface area contributed by atoms with Crippen LogP contribution in [0.15, 0.2) is 30.5 Å². The van der Waals surface area contributed by atoms with Gasteiger partial charge < -0.3 is 31.4 Å². The van der Waals surface area contributed by atoms with Crippen LogP contribution >= 0.6 is 12.6 Å². The molecule has 0 saturated carbocycles. The monoisotopic (exact) mass is 475 g/mol. The van der Waals surface area contributed by atoms with E-state index in [2.05, 4.69) is 28.2 Å². The number of amides is 3. The number of nitrogens with one attached hydrogen (secondary N) is 3. The van der Waals surface area contributed by atoms with Gasteiger partial charge in [0.2, 0.25) is 17.7 Å². The average molecular weight is 476 g/mol. The average Bonchev–Trinajstić information content (AvgIpc) is 3.44. The number of carboxylic acids is 1. The number of carboxylic acid groups (broad SMARTS) is 1. The Bertz CT molecular complexity index is 1040. The molecule has 178 valence electrons. The van der Waals surface area contributed by atoms with E-state index in [9.17, 15) is 19.2 Å². The predicted octanol–water partition coefficient (Wildman–Crippen LogP) is 0.0326. The number of hydrogen-bond donors (Lipinski definition) is 6. The zero-order valence-corrected chi connectivity index (χ0v) is 19.2. The number of rotatable bonds is 9. The van der Waals surface area contributed by atoms with Crippen LogP contribution in [0.5, 0.6) is 0 Å². The molecule has 0 bridgehead atoms. The quantitative estimate of drug-likeness (QED) is 0.281. The molecule has 1 aliphatic rings. The Morgan fingerprint density at radius 2 is 2.00 bits per heavy atom. The SMILES string of the molecule is CC(NC(=O)C1CCCN1C(=O)C(N)Cc1c[nH]c2ccccc12)C(=O)NC(CS)C(=O)O. The van der Waals surface area contributed by atoms with Gasteiger partial charge in [-0.3, -0.25) is 14.4 Å². The second-order valence-electron chi connectivity index (χ2n) is 8.17. The van der Waals surface area contributed by atoms with Gasteiger partial charge in [-0.2, -0.15) is 12.6 Å². The van der Waals surface area contributed by atoms with Crippen molar-refractivity contribution in [1.29, 1.82) is 0 Å². The number of nitrogens with zero attached hydrogens (tertiary/aromatic N) is 1. The molecule has 6 N–H and O–H groups in total. The van der Waals surface area contributed by atoms with Gasteiger partial charge in [0.15, 0.2) is 0 Å². The fourth-order valence-electron chi connectivity index (χ4n) is 4.00. The van der Waals surface area contributed by atoms with E-state index in [0.29, 0.717) is 25.8 Å². The van der Waals surface area contributed by atoms with Crippen LogP contribution in [-0.2, 0) is 25.6 Å². The van der Waals surface area contributed by atoms with Crippen molar-refractivity contribution in [3.05, 3.63) is 36.0 Å². The fraction of sp³-hybridized carbons (Fsp3) is 0.455. The maximum Gasteiger partial charge on any atom is 0.327 e. The first-order valence-corrected chi connectivity index (χ1v) is 11.4. The zero-order valence-electron chi connectivity index (χ0n) is 18.3. The van der Waals surface area contributed by atoms with Crippen molar-refractivity contribution in [2.45, 2.75) is 50.4 Å². The maximum atomic E-state index is 13.1. The molecule has 11 heteroatoms. The Morgan fingerprint density at radius 3 is 2.70 bits per heavy atom. The molecule has 1 aromatic carbocycles. The molecule has 1 fully saturated rings. The first-order valence-electron chi connectivity index (χ1n) is 10.8. The lowest BCUT2D eigenvalue weighted by atomic mass is 10.0.